The fraction of sp³-hybridized carbons (Fsp3) is 0.154. The van der Waals surface area contributed by atoms with Gasteiger partial charge < -0.3 is 19.5 Å². The van der Waals surface area contributed by atoms with E-state index in [9.17, 15) is 14.0 Å². The van der Waals surface area contributed by atoms with Gasteiger partial charge in [0.1, 0.15) is 17.3 Å². The second-order valence-electron chi connectivity index (χ2n) is 7.47. The molecule has 0 saturated carbocycles. The highest BCUT2D eigenvalue weighted by atomic mass is 19.1. The van der Waals surface area contributed by atoms with Crippen LogP contribution in [0.2, 0.25) is 0 Å². The molecule has 0 aromatic heterocycles. The number of imide groups is 1. The van der Waals surface area contributed by atoms with E-state index in [1.54, 1.807) is 54.6 Å². The predicted molar refractivity (Wildman–Crippen MR) is 125 cm³/mol. The number of nitrogens with one attached hydrogen (secondary N) is 1. The van der Waals surface area contributed by atoms with Crippen LogP contribution < -0.4 is 19.5 Å². The fourth-order valence-electron chi connectivity index (χ4n) is 3.77. The first-order chi connectivity index (χ1) is 16.5. The maximum Gasteiger partial charge on any atom is 0.278 e. The standard InChI is InChI=1S/C26H23FN2O5/c1-32-20-7-5-4-6-19(20)23-24(28-18-12-13-21(33-2)22(14-18)34-3)26(31)29(25(23)30)15-16-8-10-17(27)11-9-16/h4-14,28H,15H2,1-3H3. The van der Waals surface area contributed by atoms with Crippen molar-refractivity contribution >= 4 is 23.1 Å². The molecular weight excluding hydrogens is 439 g/mol. The molecule has 8 heteroatoms. The Labute approximate surface area is 196 Å². The van der Waals surface area contributed by atoms with Crippen molar-refractivity contribution < 1.29 is 28.2 Å². The van der Waals surface area contributed by atoms with Gasteiger partial charge in [-0.1, -0.05) is 30.3 Å². The number of nitrogens with zero attached hydrogens (tertiary/aromatic N) is 1. The van der Waals surface area contributed by atoms with Crippen LogP contribution in [0.3, 0.4) is 0 Å². The topological polar surface area (TPSA) is 77.1 Å². The molecule has 1 N–H and O–H groups in total. The van der Waals surface area contributed by atoms with Crippen LogP contribution in [-0.2, 0) is 16.1 Å². The molecule has 34 heavy (non-hydrogen) atoms. The Morgan fingerprint density at radius 1 is 0.794 bits per heavy atom. The van der Waals surface area contributed by atoms with E-state index < -0.39 is 17.6 Å². The van der Waals surface area contributed by atoms with Crippen LogP contribution in [0.5, 0.6) is 17.2 Å². The number of carbonyl (C=O) groups is 2. The number of hydrogen-bond acceptors (Lipinski definition) is 6. The number of methoxy groups -OCH3 is 3. The summed E-state index contributed by atoms with van der Waals surface area (Å²) in [7, 11) is 4.54. The first-order valence-electron chi connectivity index (χ1n) is 10.4. The van der Waals surface area contributed by atoms with E-state index in [0.29, 0.717) is 34.1 Å². The van der Waals surface area contributed by atoms with Gasteiger partial charge in [-0.05, 0) is 35.9 Å². The molecule has 1 heterocycles. The first-order valence-corrected chi connectivity index (χ1v) is 10.4. The Hall–Kier alpha value is -4.33. The second kappa shape index (κ2) is 9.66. The van der Waals surface area contributed by atoms with Crippen molar-refractivity contribution in [2.75, 3.05) is 26.6 Å². The molecule has 174 valence electrons. The van der Waals surface area contributed by atoms with Gasteiger partial charge in [-0.3, -0.25) is 14.5 Å². The van der Waals surface area contributed by atoms with E-state index in [1.165, 1.54) is 33.5 Å². The monoisotopic (exact) mass is 462 g/mol. The summed E-state index contributed by atoms with van der Waals surface area (Å²) in [6.45, 7) is -0.00624. The van der Waals surface area contributed by atoms with Crippen molar-refractivity contribution in [1.82, 2.24) is 4.90 Å². The number of ether oxygens (including phenoxy) is 3. The van der Waals surface area contributed by atoms with Crippen molar-refractivity contribution in [2.45, 2.75) is 6.54 Å². The molecule has 0 fully saturated rings. The molecule has 7 nitrogen and oxygen atoms in total. The molecule has 1 aliphatic heterocycles. The second-order valence-corrected chi connectivity index (χ2v) is 7.47. The van der Waals surface area contributed by atoms with Crippen molar-refractivity contribution in [2.24, 2.45) is 0 Å². The van der Waals surface area contributed by atoms with Crippen LogP contribution in [0.1, 0.15) is 11.1 Å². The van der Waals surface area contributed by atoms with Crippen LogP contribution >= 0.6 is 0 Å². The van der Waals surface area contributed by atoms with Crippen LogP contribution in [0.15, 0.2) is 72.4 Å². The van der Waals surface area contributed by atoms with Gasteiger partial charge in [0, 0.05) is 17.3 Å². The van der Waals surface area contributed by atoms with Gasteiger partial charge in [-0.2, -0.15) is 0 Å². The number of rotatable bonds is 8. The van der Waals surface area contributed by atoms with Crippen molar-refractivity contribution in [1.29, 1.82) is 0 Å². The minimum Gasteiger partial charge on any atom is -0.496 e. The third kappa shape index (κ3) is 4.30. The molecule has 0 saturated heterocycles. The summed E-state index contributed by atoms with van der Waals surface area (Å²) in [5, 5.41) is 3.09. The van der Waals surface area contributed by atoms with Gasteiger partial charge in [-0.25, -0.2) is 4.39 Å². The average Bonchev–Trinajstić information content (AvgIpc) is 3.09. The number of halogens is 1. The lowest BCUT2D eigenvalue weighted by Gasteiger charge is -2.16. The lowest BCUT2D eigenvalue weighted by Crippen LogP contribution is -2.32. The highest BCUT2D eigenvalue weighted by Gasteiger charge is 2.40. The van der Waals surface area contributed by atoms with E-state index >= 15 is 0 Å². The van der Waals surface area contributed by atoms with Crippen LogP contribution in [0.25, 0.3) is 5.57 Å². The van der Waals surface area contributed by atoms with Crippen LogP contribution in [0, 0.1) is 5.82 Å². The SMILES string of the molecule is COc1ccc(NC2=C(c3ccccc3OC)C(=O)N(Cc3ccc(F)cc3)C2=O)cc1OC. The quantitative estimate of drug-likeness (QED) is 0.505. The summed E-state index contributed by atoms with van der Waals surface area (Å²) in [5.74, 6) is 0.0535. The zero-order valence-electron chi connectivity index (χ0n) is 18.9. The number of para-hydroxylation sites is 1. The smallest absolute Gasteiger partial charge is 0.278 e. The highest BCUT2D eigenvalue weighted by Crippen LogP contribution is 2.37. The Morgan fingerprint density at radius 3 is 2.15 bits per heavy atom. The van der Waals surface area contributed by atoms with Crippen molar-refractivity contribution in [3.8, 4) is 17.2 Å². The van der Waals surface area contributed by atoms with E-state index in [-0.39, 0.29) is 17.8 Å². The summed E-state index contributed by atoms with van der Waals surface area (Å²) in [5.41, 5.74) is 1.91. The van der Waals surface area contributed by atoms with Crippen molar-refractivity contribution in [3.05, 3.63) is 89.4 Å². The average molecular weight is 462 g/mol. The summed E-state index contributed by atoms with van der Waals surface area (Å²) >= 11 is 0. The minimum atomic E-state index is -0.509. The Morgan fingerprint density at radius 2 is 1.47 bits per heavy atom. The third-order valence-electron chi connectivity index (χ3n) is 5.45. The third-order valence-corrected chi connectivity index (χ3v) is 5.45. The van der Waals surface area contributed by atoms with Gasteiger partial charge in [-0.15, -0.1) is 0 Å². The molecule has 4 rings (SSSR count). The first kappa shape index (κ1) is 22.8. The summed E-state index contributed by atoms with van der Waals surface area (Å²) in [6.07, 6.45) is 0. The number of benzene rings is 3. The predicted octanol–water partition coefficient (Wildman–Crippen LogP) is 4.24. The van der Waals surface area contributed by atoms with E-state index in [4.69, 9.17) is 14.2 Å². The molecule has 0 bridgehead atoms. The maximum atomic E-state index is 13.5. The summed E-state index contributed by atoms with van der Waals surface area (Å²) in [6, 6.07) is 17.7. The Kier molecular flexibility index (Phi) is 6.49. The minimum absolute atomic E-state index is 0.00624. The molecular formula is C26H23FN2O5. The maximum absolute atomic E-state index is 13.5. The summed E-state index contributed by atoms with van der Waals surface area (Å²) < 4.78 is 29.4. The lowest BCUT2D eigenvalue weighted by molar-refractivity contribution is -0.137. The molecule has 0 aliphatic carbocycles. The van der Waals surface area contributed by atoms with Crippen LogP contribution in [0.4, 0.5) is 10.1 Å². The van der Waals surface area contributed by atoms with Gasteiger partial charge in [0.15, 0.2) is 11.5 Å². The number of hydrogen-bond donors (Lipinski definition) is 1. The van der Waals surface area contributed by atoms with Gasteiger partial charge in [0.2, 0.25) is 0 Å². The largest absolute Gasteiger partial charge is 0.496 e. The van der Waals surface area contributed by atoms with E-state index in [2.05, 4.69) is 5.32 Å². The molecule has 3 aromatic rings. The molecule has 0 unspecified atom stereocenters. The Bertz CT molecular complexity index is 1270. The highest BCUT2D eigenvalue weighted by molar-refractivity contribution is 6.36. The molecule has 3 aromatic carbocycles. The number of amides is 2. The lowest BCUT2D eigenvalue weighted by atomic mass is 10.0. The number of carbonyl (C=O) groups excluding carboxylic acids is 2. The number of anilines is 1. The zero-order valence-corrected chi connectivity index (χ0v) is 18.9. The zero-order chi connectivity index (χ0) is 24.2. The molecule has 0 atom stereocenters. The fourth-order valence-corrected chi connectivity index (χ4v) is 3.77. The van der Waals surface area contributed by atoms with E-state index in [1.807, 2.05) is 0 Å². The van der Waals surface area contributed by atoms with Gasteiger partial charge in [0.05, 0.1) is 33.4 Å². The van der Waals surface area contributed by atoms with Crippen LogP contribution in [-0.4, -0.2) is 38.0 Å². The normalized spacial score (nSPS) is 13.4. The Balaban J connectivity index is 1.77. The molecule has 1 aliphatic rings. The molecule has 0 radical (unpaired) electrons. The summed E-state index contributed by atoms with van der Waals surface area (Å²) in [4.78, 5) is 28.1. The van der Waals surface area contributed by atoms with Gasteiger partial charge >= 0.3 is 0 Å². The molecule has 0 spiro atoms. The van der Waals surface area contributed by atoms with Gasteiger partial charge in [0.25, 0.3) is 11.8 Å². The van der Waals surface area contributed by atoms with Crippen molar-refractivity contribution in [3.63, 3.8) is 0 Å². The van der Waals surface area contributed by atoms with E-state index in [0.717, 1.165) is 4.90 Å². The molecule has 2 amide bonds.